The fourth-order valence-corrected chi connectivity index (χ4v) is 4.20. The molecule has 2 unspecified atom stereocenters. The van der Waals surface area contributed by atoms with Gasteiger partial charge in [-0.05, 0) is 38.0 Å². The summed E-state index contributed by atoms with van der Waals surface area (Å²) in [4.78, 5) is 0. The Bertz CT molecular complexity index is 350. The van der Waals surface area contributed by atoms with Gasteiger partial charge in [0.2, 0.25) is 0 Å². The lowest BCUT2D eigenvalue weighted by molar-refractivity contribution is 0.178. The van der Waals surface area contributed by atoms with E-state index < -0.39 is 10.2 Å². The van der Waals surface area contributed by atoms with Crippen molar-refractivity contribution in [1.82, 2.24) is 9.03 Å². The summed E-state index contributed by atoms with van der Waals surface area (Å²) in [6.07, 6.45) is 6.38. The Morgan fingerprint density at radius 2 is 1.78 bits per heavy atom. The molecule has 2 fully saturated rings. The molecule has 0 aromatic carbocycles. The highest BCUT2D eigenvalue weighted by Gasteiger charge is 2.27. The number of nitrogens with one attached hydrogen (secondary N) is 1. The van der Waals surface area contributed by atoms with Crippen LogP contribution < -0.4 is 4.72 Å². The van der Waals surface area contributed by atoms with Gasteiger partial charge in [-0.3, -0.25) is 0 Å². The van der Waals surface area contributed by atoms with E-state index in [1.807, 2.05) is 0 Å². The summed E-state index contributed by atoms with van der Waals surface area (Å²) >= 11 is 0. The minimum absolute atomic E-state index is 0.238. The molecule has 0 amide bonds. The van der Waals surface area contributed by atoms with Crippen molar-refractivity contribution in [2.45, 2.75) is 51.0 Å². The van der Waals surface area contributed by atoms with Gasteiger partial charge in [0.1, 0.15) is 0 Å². The highest BCUT2D eigenvalue weighted by Crippen LogP contribution is 2.25. The van der Waals surface area contributed by atoms with Crippen molar-refractivity contribution in [3.8, 4) is 0 Å². The van der Waals surface area contributed by atoms with Gasteiger partial charge in [0.05, 0.1) is 6.10 Å². The first-order chi connectivity index (χ1) is 8.58. The smallest absolute Gasteiger partial charge is 0.279 e. The predicted octanol–water partition coefficient (Wildman–Crippen LogP) is 0.858. The van der Waals surface area contributed by atoms with Crippen LogP contribution in [0, 0.1) is 5.92 Å². The minimum atomic E-state index is -3.31. The number of nitrogens with zero attached hydrogens (tertiary/aromatic N) is 1. The molecule has 5 nitrogen and oxygen atoms in total. The van der Waals surface area contributed by atoms with Crippen molar-refractivity contribution < 1.29 is 13.5 Å². The average Bonchev–Trinajstić information content (AvgIpc) is 2.59. The highest BCUT2D eigenvalue weighted by molar-refractivity contribution is 7.87. The van der Waals surface area contributed by atoms with Crippen LogP contribution in [0.25, 0.3) is 0 Å². The molecule has 1 saturated heterocycles. The number of aliphatic hydroxyl groups excluding tert-OH is 1. The van der Waals surface area contributed by atoms with Crippen molar-refractivity contribution >= 4 is 10.2 Å². The van der Waals surface area contributed by atoms with Crippen LogP contribution >= 0.6 is 0 Å². The molecule has 1 aliphatic carbocycles. The molecule has 1 aliphatic heterocycles. The van der Waals surface area contributed by atoms with Crippen molar-refractivity contribution in [2.24, 2.45) is 5.92 Å². The lowest BCUT2D eigenvalue weighted by atomic mass is 10.1. The van der Waals surface area contributed by atoms with Crippen LogP contribution in [0.2, 0.25) is 0 Å². The highest BCUT2D eigenvalue weighted by atomic mass is 32.2. The van der Waals surface area contributed by atoms with Crippen LogP contribution in [0.4, 0.5) is 0 Å². The first kappa shape index (κ1) is 14.2. The van der Waals surface area contributed by atoms with E-state index >= 15 is 0 Å². The van der Waals surface area contributed by atoms with Crippen molar-refractivity contribution in [1.29, 1.82) is 0 Å². The van der Waals surface area contributed by atoms with E-state index in [2.05, 4.69) is 4.72 Å². The number of hydrogen-bond acceptors (Lipinski definition) is 3. The molecule has 1 heterocycles. The third-order valence-electron chi connectivity index (χ3n) is 3.97. The van der Waals surface area contributed by atoms with Gasteiger partial charge in [0.25, 0.3) is 10.2 Å². The first-order valence-electron chi connectivity index (χ1n) is 7.01. The Morgan fingerprint density at radius 3 is 2.33 bits per heavy atom. The maximum Gasteiger partial charge on any atom is 0.279 e. The normalized spacial score (nSPS) is 31.4. The lowest BCUT2D eigenvalue weighted by Crippen LogP contribution is -2.42. The quantitative estimate of drug-likeness (QED) is 0.800. The fraction of sp³-hybridized carbons (Fsp3) is 1.00. The van der Waals surface area contributed by atoms with Crippen molar-refractivity contribution in [3.05, 3.63) is 0 Å². The summed E-state index contributed by atoms with van der Waals surface area (Å²) in [6, 6.07) is 0. The van der Waals surface area contributed by atoms with Gasteiger partial charge < -0.3 is 5.11 Å². The van der Waals surface area contributed by atoms with Gasteiger partial charge in [-0.1, -0.05) is 12.8 Å². The lowest BCUT2D eigenvalue weighted by Gasteiger charge is -2.21. The van der Waals surface area contributed by atoms with E-state index in [0.29, 0.717) is 25.6 Å². The summed E-state index contributed by atoms with van der Waals surface area (Å²) in [5.74, 6) is 0.293. The van der Waals surface area contributed by atoms with Crippen LogP contribution in [0.1, 0.15) is 44.9 Å². The van der Waals surface area contributed by atoms with Crippen LogP contribution in [0.5, 0.6) is 0 Å². The maximum atomic E-state index is 12.1. The molecule has 0 spiro atoms. The van der Waals surface area contributed by atoms with Crippen LogP contribution in [0.15, 0.2) is 0 Å². The van der Waals surface area contributed by atoms with Gasteiger partial charge in [0, 0.05) is 19.6 Å². The van der Waals surface area contributed by atoms with E-state index in [4.69, 9.17) is 0 Å². The van der Waals surface area contributed by atoms with Gasteiger partial charge in [-0.15, -0.1) is 0 Å². The van der Waals surface area contributed by atoms with Gasteiger partial charge in [0.15, 0.2) is 0 Å². The minimum Gasteiger partial charge on any atom is -0.393 e. The maximum absolute atomic E-state index is 12.1. The molecule has 2 rings (SSSR count). The Morgan fingerprint density at radius 1 is 1.11 bits per heavy atom. The Balaban J connectivity index is 1.82. The zero-order valence-corrected chi connectivity index (χ0v) is 11.7. The third kappa shape index (κ3) is 3.91. The summed E-state index contributed by atoms with van der Waals surface area (Å²) in [7, 11) is -3.31. The largest absolute Gasteiger partial charge is 0.393 e. The monoisotopic (exact) mass is 276 g/mol. The molecule has 0 aromatic rings. The number of aliphatic hydroxyl groups is 1. The molecule has 1 saturated carbocycles. The average molecular weight is 276 g/mol. The molecule has 0 bridgehead atoms. The molecule has 2 aliphatic rings. The molecule has 106 valence electrons. The van der Waals surface area contributed by atoms with Crippen molar-refractivity contribution in [2.75, 3.05) is 19.6 Å². The molecule has 0 radical (unpaired) electrons. The zero-order valence-electron chi connectivity index (χ0n) is 10.8. The topological polar surface area (TPSA) is 69.6 Å². The van der Waals surface area contributed by atoms with Crippen LogP contribution in [0.3, 0.4) is 0 Å². The van der Waals surface area contributed by atoms with Crippen LogP contribution in [-0.4, -0.2) is 43.6 Å². The van der Waals surface area contributed by atoms with E-state index in [1.54, 1.807) is 4.31 Å². The van der Waals surface area contributed by atoms with Gasteiger partial charge in [-0.2, -0.15) is 12.7 Å². The summed E-state index contributed by atoms with van der Waals surface area (Å²) in [5, 5.41) is 9.43. The van der Waals surface area contributed by atoms with Crippen molar-refractivity contribution in [3.63, 3.8) is 0 Å². The van der Waals surface area contributed by atoms with Gasteiger partial charge in [-0.25, -0.2) is 4.72 Å². The summed E-state index contributed by atoms with van der Waals surface area (Å²) in [5.41, 5.74) is 0. The van der Waals surface area contributed by atoms with E-state index in [9.17, 15) is 13.5 Å². The Kier molecular flexibility index (Phi) is 5.00. The van der Waals surface area contributed by atoms with Gasteiger partial charge >= 0.3 is 0 Å². The standard InChI is InChI=1S/C12H24N2O3S/c15-12-6-5-11(9-12)10-13-18(16,17)14-7-3-1-2-4-8-14/h11-13,15H,1-10H2. The van der Waals surface area contributed by atoms with E-state index in [-0.39, 0.29) is 6.10 Å². The fourth-order valence-electron chi connectivity index (χ4n) is 2.83. The predicted molar refractivity (Wildman–Crippen MR) is 70.3 cm³/mol. The number of rotatable bonds is 4. The number of hydrogen-bond donors (Lipinski definition) is 2. The SMILES string of the molecule is O=S(=O)(NCC1CCC(O)C1)N1CCCCCC1. The molecule has 0 aromatic heterocycles. The Labute approximate surface area is 110 Å². The second kappa shape index (κ2) is 6.32. The first-order valence-corrected chi connectivity index (χ1v) is 8.45. The Hall–Kier alpha value is -0.170. The van der Waals surface area contributed by atoms with E-state index in [0.717, 1.165) is 44.9 Å². The molecular formula is C12H24N2O3S. The molecule has 18 heavy (non-hydrogen) atoms. The third-order valence-corrected chi connectivity index (χ3v) is 5.55. The zero-order chi connectivity index (χ0) is 13.0. The second-order valence-electron chi connectivity index (χ2n) is 5.50. The molecule has 2 atom stereocenters. The summed E-state index contributed by atoms with van der Waals surface area (Å²) in [6.45, 7) is 1.75. The summed E-state index contributed by atoms with van der Waals surface area (Å²) < 4.78 is 28.5. The van der Waals surface area contributed by atoms with Crippen LogP contribution in [-0.2, 0) is 10.2 Å². The van der Waals surface area contributed by atoms with E-state index in [1.165, 1.54) is 0 Å². The second-order valence-corrected chi connectivity index (χ2v) is 7.25. The molecule has 6 heteroatoms. The molecular weight excluding hydrogens is 252 g/mol. The molecule has 2 N–H and O–H groups in total.